The van der Waals surface area contributed by atoms with Gasteiger partial charge in [-0.25, -0.2) is 8.78 Å². The highest BCUT2D eigenvalue weighted by molar-refractivity contribution is 5.85. The van der Waals surface area contributed by atoms with Gasteiger partial charge in [0.25, 0.3) is 0 Å². The number of hydrogen-bond donors (Lipinski definition) is 1. The first-order valence-electron chi connectivity index (χ1n) is 4.85. The van der Waals surface area contributed by atoms with Crippen molar-refractivity contribution >= 4 is 12.4 Å². The van der Waals surface area contributed by atoms with Crippen molar-refractivity contribution < 1.29 is 8.78 Å². The minimum absolute atomic E-state index is 0. The molecule has 0 aromatic heterocycles. The zero-order chi connectivity index (χ0) is 10.6. The van der Waals surface area contributed by atoms with Crippen LogP contribution in [0.4, 0.5) is 8.78 Å². The summed E-state index contributed by atoms with van der Waals surface area (Å²) in [4.78, 5) is 0. The van der Waals surface area contributed by atoms with Gasteiger partial charge in [-0.1, -0.05) is 25.8 Å². The molecule has 0 saturated carbocycles. The van der Waals surface area contributed by atoms with Gasteiger partial charge in [-0.05, 0) is 24.1 Å². The summed E-state index contributed by atoms with van der Waals surface area (Å²) < 4.78 is 25.4. The third kappa shape index (κ3) is 4.14. The Bertz CT molecular complexity index is 305. The smallest absolute Gasteiger partial charge is 0.159 e. The number of nitrogens with two attached hydrogens (primary N) is 1. The fourth-order valence-electron chi connectivity index (χ4n) is 1.33. The van der Waals surface area contributed by atoms with E-state index in [2.05, 4.69) is 6.92 Å². The third-order valence-corrected chi connectivity index (χ3v) is 2.24. The molecule has 0 bridgehead atoms. The van der Waals surface area contributed by atoms with E-state index in [1.165, 1.54) is 6.07 Å². The van der Waals surface area contributed by atoms with E-state index in [1.54, 1.807) is 6.07 Å². The largest absolute Gasteiger partial charge is 0.324 e. The first-order valence-corrected chi connectivity index (χ1v) is 4.85. The molecule has 2 N–H and O–H groups in total. The Kier molecular flexibility index (Phi) is 6.45. The number of rotatable bonds is 4. The van der Waals surface area contributed by atoms with Crippen molar-refractivity contribution in [2.24, 2.45) is 5.73 Å². The van der Waals surface area contributed by atoms with Gasteiger partial charge in [0.15, 0.2) is 11.6 Å². The van der Waals surface area contributed by atoms with Crippen LogP contribution in [0.25, 0.3) is 0 Å². The Balaban J connectivity index is 0.00000196. The van der Waals surface area contributed by atoms with Gasteiger partial charge in [0.05, 0.1) is 0 Å². The number of hydrogen-bond acceptors (Lipinski definition) is 1. The molecule has 86 valence electrons. The molecule has 1 atom stereocenters. The van der Waals surface area contributed by atoms with E-state index in [-0.39, 0.29) is 18.4 Å². The summed E-state index contributed by atoms with van der Waals surface area (Å²) in [6.45, 7) is 2.07. The molecule has 1 aromatic carbocycles. The van der Waals surface area contributed by atoms with Crippen molar-refractivity contribution in [2.75, 3.05) is 0 Å². The predicted molar refractivity (Wildman–Crippen MR) is 60.1 cm³/mol. The molecule has 1 aromatic rings. The van der Waals surface area contributed by atoms with Crippen molar-refractivity contribution in [1.29, 1.82) is 0 Å². The van der Waals surface area contributed by atoms with Gasteiger partial charge in [0, 0.05) is 6.04 Å². The minimum atomic E-state index is -0.825. The lowest BCUT2D eigenvalue weighted by Crippen LogP contribution is -2.10. The van der Waals surface area contributed by atoms with E-state index in [4.69, 9.17) is 5.73 Å². The summed E-state index contributed by atoms with van der Waals surface area (Å²) in [6, 6.07) is 3.65. The number of unbranched alkanes of at least 4 members (excludes halogenated alkanes) is 1. The van der Waals surface area contributed by atoms with E-state index in [0.29, 0.717) is 5.56 Å². The van der Waals surface area contributed by atoms with Crippen LogP contribution in [0, 0.1) is 11.6 Å². The van der Waals surface area contributed by atoms with Gasteiger partial charge < -0.3 is 5.73 Å². The number of halogens is 3. The van der Waals surface area contributed by atoms with Gasteiger partial charge in [-0.3, -0.25) is 0 Å². The molecule has 0 fully saturated rings. The summed E-state index contributed by atoms with van der Waals surface area (Å²) in [7, 11) is 0. The van der Waals surface area contributed by atoms with Crippen molar-refractivity contribution in [1.82, 2.24) is 0 Å². The SMILES string of the molecule is CCCC[C@H](N)c1ccc(F)c(F)c1.Cl. The predicted octanol–water partition coefficient (Wildman–Crippen LogP) is 3.58. The summed E-state index contributed by atoms with van der Waals surface area (Å²) in [5, 5.41) is 0. The molecule has 0 amide bonds. The van der Waals surface area contributed by atoms with E-state index in [0.717, 1.165) is 25.3 Å². The summed E-state index contributed by atoms with van der Waals surface area (Å²) in [5.41, 5.74) is 6.48. The molecule has 4 heteroatoms. The van der Waals surface area contributed by atoms with E-state index in [1.807, 2.05) is 0 Å². The van der Waals surface area contributed by atoms with Crippen molar-refractivity contribution in [2.45, 2.75) is 32.2 Å². The highest BCUT2D eigenvalue weighted by Crippen LogP contribution is 2.18. The normalized spacial score (nSPS) is 12.0. The van der Waals surface area contributed by atoms with Crippen LogP contribution in [0.5, 0.6) is 0 Å². The maximum Gasteiger partial charge on any atom is 0.159 e. The second-order valence-electron chi connectivity index (χ2n) is 3.42. The fourth-order valence-corrected chi connectivity index (χ4v) is 1.33. The minimum Gasteiger partial charge on any atom is -0.324 e. The Labute approximate surface area is 95.1 Å². The topological polar surface area (TPSA) is 26.0 Å². The monoisotopic (exact) mass is 235 g/mol. The van der Waals surface area contributed by atoms with Crippen molar-refractivity contribution in [3.05, 3.63) is 35.4 Å². The Morgan fingerprint density at radius 2 is 1.93 bits per heavy atom. The summed E-state index contributed by atoms with van der Waals surface area (Å²) >= 11 is 0. The van der Waals surface area contributed by atoms with Crippen LogP contribution < -0.4 is 5.73 Å². The average Bonchev–Trinajstić information content (AvgIpc) is 2.18. The third-order valence-electron chi connectivity index (χ3n) is 2.24. The molecule has 0 saturated heterocycles. The van der Waals surface area contributed by atoms with Gasteiger partial charge in [0.2, 0.25) is 0 Å². The highest BCUT2D eigenvalue weighted by atomic mass is 35.5. The average molecular weight is 236 g/mol. The highest BCUT2D eigenvalue weighted by Gasteiger charge is 2.08. The van der Waals surface area contributed by atoms with Crippen LogP contribution in [-0.2, 0) is 0 Å². The van der Waals surface area contributed by atoms with Crippen molar-refractivity contribution in [3.63, 3.8) is 0 Å². The quantitative estimate of drug-likeness (QED) is 0.848. The van der Waals surface area contributed by atoms with Crippen LogP contribution >= 0.6 is 12.4 Å². The summed E-state index contributed by atoms with van der Waals surface area (Å²) in [6.07, 6.45) is 2.86. The molecular weight excluding hydrogens is 220 g/mol. The zero-order valence-electron chi connectivity index (χ0n) is 8.67. The molecule has 0 heterocycles. The van der Waals surface area contributed by atoms with Crippen LogP contribution in [-0.4, -0.2) is 0 Å². The van der Waals surface area contributed by atoms with Gasteiger partial charge >= 0.3 is 0 Å². The molecule has 0 aliphatic heterocycles. The first-order chi connectivity index (χ1) is 6.65. The molecule has 1 rings (SSSR count). The Morgan fingerprint density at radius 3 is 2.47 bits per heavy atom. The zero-order valence-corrected chi connectivity index (χ0v) is 9.49. The maximum atomic E-state index is 12.8. The van der Waals surface area contributed by atoms with Crippen LogP contribution in [0.1, 0.15) is 37.8 Å². The van der Waals surface area contributed by atoms with E-state index in [9.17, 15) is 8.78 Å². The molecule has 1 nitrogen and oxygen atoms in total. The standard InChI is InChI=1S/C11H15F2N.ClH/c1-2-3-4-11(14)8-5-6-9(12)10(13)7-8;/h5-7,11H,2-4,14H2,1H3;1H/t11-;/m0./s1. The van der Waals surface area contributed by atoms with Gasteiger partial charge in [0.1, 0.15) is 0 Å². The molecule has 0 unspecified atom stereocenters. The Morgan fingerprint density at radius 1 is 1.27 bits per heavy atom. The van der Waals surface area contributed by atoms with Crippen molar-refractivity contribution in [3.8, 4) is 0 Å². The fraction of sp³-hybridized carbons (Fsp3) is 0.455. The van der Waals surface area contributed by atoms with Crippen LogP contribution in [0.2, 0.25) is 0 Å². The van der Waals surface area contributed by atoms with Crippen LogP contribution in [0.3, 0.4) is 0 Å². The first kappa shape index (κ1) is 14.3. The lowest BCUT2D eigenvalue weighted by molar-refractivity contribution is 0.503. The molecule has 0 spiro atoms. The van der Waals surface area contributed by atoms with Crippen LogP contribution in [0.15, 0.2) is 18.2 Å². The maximum absolute atomic E-state index is 12.8. The molecule has 0 radical (unpaired) electrons. The number of benzene rings is 1. The second kappa shape index (κ2) is 6.75. The Hall–Kier alpha value is -0.670. The second-order valence-corrected chi connectivity index (χ2v) is 3.42. The molecule has 15 heavy (non-hydrogen) atoms. The van der Waals surface area contributed by atoms with Gasteiger partial charge in [-0.2, -0.15) is 0 Å². The summed E-state index contributed by atoms with van der Waals surface area (Å²) in [5.74, 6) is -1.65. The van der Waals surface area contributed by atoms with Gasteiger partial charge in [-0.15, -0.1) is 12.4 Å². The lowest BCUT2D eigenvalue weighted by atomic mass is 10.0. The van der Waals surface area contributed by atoms with E-state index < -0.39 is 11.6 Å². The molecule has 0 aliphatic carbocycles. The molecular formula is C11H16ClF2N. The molecule has 0 aliphatic rings. The lowest BCUT2D eigenvalue weighted by Gasteiger charge is -2.11. The van der Waals surface area contributed by atoms with E-state index >= 15 is 0 Å².